The van der Waals surface area contributed by atoms with Crippen LogP contribution in [0.3, 0.4) is 0 Å². The fourth-order valence-corrected chi connectivity index (χ4v) is 3.47. The molecule has 1 heterocycles. The predicted octanol–water partition coefficient (Wildman–Crippen LogP) is 4.25. The van der Waals surface area contributed by atoms with Gasteiger partial charge in [0, 0.05) is 16.8 Å². The molecule has 0 atom stereocenters. The molecular weight excluding hydrogens is 450 g/mol. The lowest BCUT2D eigenvalue weighted by Gasteiger charge is -2.09. The molecular formula is C25H21N5O5. The number of carbonyl (C=O) groups is 3. The number of nitrogens with one attached hydrogen (secondary N) is 2. The predicted molar refractivity (Wildman–Crippen MR) is 130 cm³/mol. The van der Waals surface area contributed by atoms with Crippen LogP contribution in [0, 0.1) is 6.92 Å². The van der Waals surface area contributed by atoms with E-state index < -0.39 is 11.8 Å². The van der Waals surface area contributed by atoms with Gasteiger partial charge in [-0.3, -0.25) is 14.4 Å². The second-order valence-corrected chi connectivity index (χ2v) is 7.70. The summed E-state index contributed by atoms with van der Waals surface area (Å²) in [6.07, 6.45) is 0. The van der Waals surface area contributed by atoms with Crippen molar-refractivity contribution in [1.29, 1.82) is 0 Å². The van der Waals surface area contributed by atoms with E-state index in [1.54, 1.807) is 30.3 Å². The molecule has 0 aliphatic rings. The molecule has 4 aromatic rings. The highest BCUT2D eigenvalue weighted by atomic mass is 16.3. The summed E-state index contributed by atoms with van der Waals surface area (Å²) in [6, 6.07) is 19.6. The van der Waals surface area contributed by atoms with Crippen LogP contribution in [0.25, 0.3) is 10.9 Å². The molecule has 35 heavy (non-hydrogen) atoms. The van der Waals surface area contributed by atoms with Crippen LogP contribution < -0.4 is 10.6 Å². The van der Waals surface area contributed by atoms with Gasteiger partial charge in [-0.2, -0.15) is 0 Å². The van der Waals surface area contributed by atoms with Gasteiger partial charge >= 0.3 is 11.8 Å². The second kappa shape index (κ2) is 9.87. The lowest BCUT2D eigenvalue weighted by Crippen LogP contribution is -2.20. The Morgan fingerprint density at radius 1 is 0.886 bits per heavy atom. The van der Waals surface area contributed by atoms with Crippen LogP contribution >= 0.6 is 0 Å². The molecule has 3 amide bonds. The number of amides is 3. The van der Waals surface area contributed by atoms with Crippen molar-refractivity contribution in [3.05, 3.63) is 78.4 Å². The summed E-state index contributed by atoms with van der Waals surface area (Å²) in [7, 11) is 0. The van der Waals surface area contributed by atoms with Crippen molar-refractivity contribution < 1.29 is 24.6 Å². The number of aromatic nitrogens is 1. The van der Waals surface area contributed by atoms with Crippen molar-refractivity contribution in [3.8, 4) is 11.6 Å². The number of phenolic OH excluding ortho intramolecular Hbond substituents is 1. The van der Waals surface area contributed by atoms with Crippen LogP contribution in [0.15, 0.2) is 83.0 Å². The van der Waals surface area contributed by atoms with Crippen LogP contribution in [0.5, 0.6) is 11.6 Å². The number of hydrogen-bond acceptors (Lipinski definition) is 6. The number of phenols is 1. The van der Waals surface area contributed by atoms with Gasteiger partial charge < -0.3 is 25.4 Å². The topological polar surface area (TPSA) is 145 Å². The highest BCUT2D eigenvalue weighted by Gasteiger charge is 2.20. The molecule has 4 N–H and O–H groups in total. The standard InChI is InChI=1S/C25H21N5O5/c1-15-5-4-6-17(13-15)26-21(32)14-30-20-8-3-2-7-19(20)22(25(30)35)28-29-24(34)23(33)27-16-9-11-18(31)12-10-16/h2-13,31,35H,14H2,1H3,(H,26,32)(H,27,33). The van der Waals surface area contributed by atoms with E-state index in [0.717, 1.165) is 5.56 Å². The Labute approximate surface area is 199 Å². The Morgan fingerprint density at radius 3 is 2.37 bits per heavy atom. The normalized spacial score (nSPS) is 11.0. The van der Waals surface area contributed by atoms with E-state index in [1.165, 1.54) is 28.8 Å². The van der Waals surface area contributed by atoms with Crippen molar-refractivity contribution in [2.24, 2.45) is 10.2 Å². The smallest absolute Gasteiger partial charge is 0.353 e. The van der Waals surface area contributed by atoms with Crippen LogP contribution in [0.1, 0.15) is 5.56 Å². The molecule has 4 rings (SSSR count). The summed E-state index contributed by atoms with van der Waals surface area (Å²) in [6.45, 7) is 1.69. The number of aromatic hydroxyl groups is 2. The molecule has 0 saturated carbocycles. The Kier molecular flexibility index (Phi) is 6.54. The first-order chi connectivity index (χ1) is 16.8. The summed E-state index contributed by atoms with van der Waals surface area (Å²) in [5.41, 5.74) is 2.35. The molecule has 0 aliphatic carbocycles. The molecule has 0 unspecified atom stereocenters. The number of hydrogen-bond donors (Lipinski definition) is 4. The molecule has 10 heteroatoms. The second-order valence-electron chi connectivity index (χ2n) is 7.70. The van der Waals surface area contributed by atoms with E-state index in [4.69, 9.17) is 0 Å². The van der Waals surface area contributed by atoms with Gasteiger partial charge in [0.15, 0.2) is 5.69 Å². The zero-order valence-electron chi connectivity index (χ0n) is 18.6. The lowest BCUT2D eigenvalue weighted by atomic mass is 10.2. The average Bonchev–Trinajstić information content (AvgIpc) is 3.09. The van der Waals surface area contributed by atoms with Crippen molar-refractivity contribution >= 4 is 45.7 Å². The van der Waals surface area contributed by atoms with Gasteiger partial charge in [-0.1, -0.05) is 30.3 Å². The average molecular weight is 471 g/mol. The van der Waals surface area contributed by atoms with Gasteiger partial charge in [-0.25, -0.2) is 0 Å². The maximum Gasteiger partial charge on any atom is 0.353 e. The maximum atomic E-state index is 12.6. The number of azo groups is 1. The number of rotatable bonds is 5. The van der Waals surface area contributed by atoms with Crippen molar-refractivity contribution in [3.63, 3.8) is 0 Å². The number of anilines is 2. The summed E-state index contributed by atoms with van der Waals surface area (Å²) in [5.74, 6) is -2.97. The van der Waals surface area contributed by atoms with E-state index in [-0.39, 0.29) is 35.5 Å². The number of nitrogens with zero attached hydrogens (tertiary/aromatic N) is 3. The zero-order valence-corrected chi connectivity index (χ0v) is 18.6. The first kappa shape index (κ1) is 23.2. The first-order valence-corrected chi connectivity index (χ1v) is 10.5. The van der Waals surface area contributed by atoms with Gasteiger partial charge in [-0.05, 0) is 55.0 Å². The van der Waals surface area contributed by atoms with Gasteiger partial charge in [-0.15, -0.1) is 10.2 Å². The third kappa shape index (κ3) is 5.33. The lowest BCUT2D eigenvalue weighted by molar-refractivity contribution is -0.134. The monoisotopic (exact) mass is 471 g/mol. The minimum absolute atomic E-state index is 0.00782. The SMILES string of the molecule is Cc1cccc(NC(=O)Cn2c(O)c(N=NC(=O)C(=O)Nc3ccc(O)cc3)c3ccccc32)c1. The minimum Gasteiger partial charge on any atom is -0.508 e. The van der Waals surface area contributed by atoms with E-state index in [9.17, 15) is 24.6 Å². The third-order valence-corrected chi connectivity index (χ3v) is 5.08. The molecule has 10 nitrogen and oxygen atoms in total. The van der Waals surface area contributed by atoms with Crippen molar-refractivity contribution in [2.75, 3.05) is 10.6 Å². The van der Waals surface area contributed by atoms with Gasteiger partial charge in [0.2, 0.25) is 11.8 Å². The molecule has 0 radical (unpaired) electrons. The van der Waals surface area contributed by atoms with Crippen LogP contribution in [-0.2, 0) is 20.9 Å². The quantitative estimate of drug-likeness (QED) is 0.195. The van der Waals surface area contributed by atoms with Crippen LogP contribution in [0.4, 0.5) is 17.1 Å². The first-order valence-electron chi connectivity index (χ1n) is 10.5. The van der Waals surface area contributed by atoms with Gasteiger partial charge in [0.05, 0.1) is 5.52 Å². The number of aryl methyl sites for hydroxylation is 1. The fourth-order valence-electron chi connectivity index (χ4n) is 3.47. The summed E-state index contributed by atoms with van der Waals surface area (Å²) in [5, 5.41) is 32.9. The van der Waals surface area contributed by atoms with Crippen LogP contribution in [0.2, 0.25) is 0 Å². The summed E-state index contributed by atoms with van der Waals surface area (Å²) in [4.78, 5) is 36.9. The third-order valence-electron chi connectivity index (χ3n) is 5.08. The number of carbonyl (C=O) groups excluding carboxylic acids is 3. The molecule has 0 bridgehead atoms. The zero-order chi connectivity index (χ0) is 24.9. The highest BCUT2D eigenvalue weighted by Crippen LogP contribution is 2.38. The fraction of sp³-hybridized carbons (Fsp3) is 0.0800. The number of para-hydroxylation sites is 1. The molecule has 0 aliphatic heterocycles. The Morgan fingerprint density at radius 2 is 1.63 bits per heavy atom. The molecule has 1 aromatic heterocycles. The largest absolute Gasteiger partial charge is 0.508 e. The van der Waals surface area contributed by atoms with E-state index in [1.807, 2.05) is 25.1 Å². The molecule has 176 valence electrons. The Hall–Kier alpha value is -4.99. The molecule has 0 spiro atoms. The maximum absolute atomic E-state index is 12.6. The summed E-state index contributed by atoms with van der Waals surface area (Å²) < 4.78 is 1.34. The number of benzene rings is 3. The molecule has 0 saturated heterocycles. The van der Waals surface area contributed by atoms with E-state index >= 15 is 0 Å². The van der Waals surface area contributed by atoms with Gasteiger partial charge in [0.25, 0.3) is 0 Å². The summed E-state index contributed by atoms with van der Waals surface area (Å²) >= 11 is 0. The van der Waals surface area contributed by atoms with Gasteiger partial charge in [0.1, 0.15) is 12.3 Å². The van der Waals surface area contributed by atoms with Crippen LogP contribution in [-0.4, -0.2) is 32.5 Å². The highest BCUT2D eigenvalue weighted by molar-refractivity contribution is 6.40. The van der Waals surface area contributed by atoms with E-state index in [2.05, 4.69) is 20.9 Å². The number of fused-ring (bicyclic) bond motifs is 1. The minimum atomic E-state index is -1.19. The van der Waals surface area contributed by atoms with Crippen molar-refractivity contribution in [2.45, 2.75) is 13.5 Å². The molecule has 3 aromatic carbocycles. The Bertz CT molecular complexity index is 1460. The molecule has 0 fully saturated rings. The Balaban J connectivity index is 1.54. The van der Waals surface area contributed by atoms with Crippen molar-refractivity contribution in [1.82, 2.24) is 4.57 Å². The van der Waals surface area contributed by atoms with E-state index in [0.29, 0.717) is 16.6 Å².